The summed E-state index contributed by atoms with van der Waals surface area (Å²) in [6.45, 7) is 3.15. The second kappa shape index (κ2) is 7.71. The molecule has 1 fully saturated rings. The number of nitrogens with zero attached hydrogens (tertiary/aromatic N) is 5. The van der Waals surface area contributed by atoms with Crippen molar-refractivity contribution in [2.24, 2.45) is 0 Å². The molecular weight excluding hydrogens is 294 g/mol. The fraction of sp³-hybridized carbons (Fsp3) is 0.833. The minimum Gasteiger partial charge on any atom is -0.354 e. The molecule has 0 N–H and O–H groups in total. The minimum absolute atomic E-state index is 0.134. The quantitative estimate of drug-likeness (QED) is 0.482. The third-order valence-corrected chi connectivity index (χ3v) is 4.26. The van der Waals surface area contributed by atoms with E-state index in [9.17, 15) is 4.79 Å². The van der Waals surface area contributed by atoms with Crippen LogP contribution in [0, 0.1) is 0 Å². The SMILES string of the molecule is CCN(C(=O)CSc1nnnn1CC(OC)OC)C1CC1. The van der Waals surface area contributed by atoms with Gasteiger partial charge in [-0.2, -0.15) is 0 Å². The second-order valence-electron chi connectivity index (χ2n) is 4.74. The van der Waals surface area contributed by atoms with E-state index >= 15 is 0 Å². The molecule has 2 rings (SSSR count). The smallest absolute Gasteiger partial charge is 0.233 e. The summed E-state index contributed by atoms with van der Waals surface area (Å²) in [7, 11) is 3.12. The van der Waals surface area contributed by atoms with Gasteiger partial charge in [0.25, 0.3) is 0 Å². The lowest BCUT2D eigenvalue weighted by atomic mass is 10.4. The summed E-state index contributed by atoms with van der Waals surface area (Å²) in [4.78, 5) is 14.1. The van der Waals surface area contributed by atoms with E-state index in [1.165, 1.54) is 11.8 Å². The summed E-state index contributed by atoms with van der Waals surface area (Å²) in [6, 6.07) is 0.436. The Balaban J connectivity index is 1.88. The first-order chi connectivity index (χ1) is 10.2. The zero-order valence-electron chi connectivity index (χ0n) is 12.6. The lowest BCUT2D eigenvalue weighted by molar-refractivity contribution is -0.128. The molecule has 0 bridgehead atoms. The van der Waals surface area contributed by atoms with E-state index in [0.717, 1.165) is 19.4 Å². The Morgan fingerprint density at radius 2 is 2.19 bits per heavy atom. The molecule has 1 aromatic rings. The first-order valence-electron chi connectivity index (χ1n) is 6.93. The lowest BCUT2D eigenvalue weighted by Crippen LogP contribution is -2.34. The lowest BCUT2D eigenvalue weighted by Gasteiger charge is -2.19. The van der Waals surface area contributed by atoms with E-state index in [1.54, 1.807) is 18.9 Å². The van der Waals surface area contributed by atoms with Gasteiger partial charge in [0.15, 0.2) is 6.29 Å². The van der Waals surface area contributed by atoms with Crippen LogP contribution >= 0.6 is 11.8 Å². The van der Waals surface area contributed by atoms with Gasteiger partial charge >= 0.3 is 0 Å². The van der Waals surface area contributed by atoms with Crippen molar-refractivity contribution in [3.05, 3.63) is 0 Å². The number of methoxy groups -OCH3 is 2. The van der Waals surface area contributed by atoms with Crippen LogP contribution in [0.1, 0.15) is 19.8 Å². The third-order valence-electron chi connectivity index (χ3n) is 3.32. The molecule has 0 saturated heterocycles. The molecule has 1 saturated carbocycles. The van der Waals surface area contributed by atoms with Gasteiger partial charge in [-0.25, -0.2) is 4.68 Å². The fourth-order valence-electron chi connectivity index (χ4n) is 2.03. The molecule has 21 heavy (non-hydrogen) atoms. The van der Waals surface area contributed by atoms with Gasteiger partial charge < -0.3 is 14.4 Å². The van der Waals surface area contributed by atoms with E-state index in [4.69, 9.17) is 9.47 Å². The van der Waals surface area contributed by atoms with Gasteiger partial charge in [-0.15, -0.1) is 5.10 Å². The Hall–Kier alpha value is -1.19. The average molecular weight is 315 g/mol. The van der Waals surface area contributed by atoms with Crippen LogP contribution in [0.25, 0.3) is 0 Å². The molecule has 9 heteroatoms. The van der Waals surface area contributed by atoms with Gasteiger partial charge in [-0.05, 0) is 30.2 Å². The predicted molar refractivity (Wildman–Crippen MR) is 76.8 cm³/mol. The van der Waals surface area contributed by atoms with E-state index in [0.29, 0.717) is 23.5 Å². The highest BCUT2D eigenvalue weighted by atomic mass is 32.2. The Bertz CT molecular complexity index is 462. The number of ether oxygens (including phenoxy) is 2. The van der Waals surface area contributed by atoms with E-state index < -0.39 is 6.29 Å². The molecule has 1 aliphatic carbocycles. The van der Waals surface area contributed by atoms with Gasteiger partial charge in [0.1, 0.15) is 0 Å². The van der Waals surface area contributed by atoms with Crippen LogP contribution in [-0.4, -0.2) is 69.9 Å². The Morgan fingerprint density at radius 1 is 1.48 bits per heavy atom. The standard InChI is InChI=1S/C12H21N5O3S/c1-4-16(9-5-6-9)10(18)8-21-12-13-14-15-17(12)7-11(19-2)20-3/h9,11H,4-8H2,1-3H3. The number of carbonyl (C=O) groups excluding carboxylic acids is 1. The van der Waals surface area contributed by atoms with Crippen LogP contribution in [0.5, 0.6) is 0 Å². The Morgan fingerprint density at radius 3 is 2.76 bits per heavy atom. The Kier molecular flexibility index (Phi) is 5.95. The molecule has 1 amide bonds. The molecule has 0 radical (unpaired) electrons. The molecular formula is C12H21N5O3S. The molecule has 1 aromatic heterocycles. The second-order valence-corrected chi connectivity index (χ2v) is 5.69. The summed E-state index contributed by atoms with van der Waals surface area (Å²) in [6.07, 6.45) is 1.82. The van der Waals surface area contributed by atoms with Crippen LogP contribution in [-0.2, 0) is 20.8 Å². The molecule has 1 heterocycles. The maximum absolute atomic E-state index is 12.2. The highest BCUT2D eigenvalue weighted by Gasteiger charge is 2.31. The predicted octanol–water partition coefficient (Wildman–Crippen LogP) is 0.395. The van der Waals surface area contributed by atoms with Crippen molar-refractivity contribution in [1.29, 1.82) is 0 Å². The molecule has 0 spiro atoms. The van der Waals surface area contributed by atoms with Crippen molar-refractivity contribution in [2.75, 3.05) is 26.5 Å². The summed E-state index contributed by atoms with van der Waals surface area (Å²) in [5.41, 5.74) is 0. The molecule has 0 atom stereocenters. The van der Waals surface area contributed by atoms with Gasteiger partial charge in [0.05, 0.1) is 12.3 Å². The molecule has 0 aliphatic heterocycles. The normalized spacial score (nSPS) is 14.7. The van der Waals surface area contributed by atoms with Crippen LogP contribution < -0.4 is 0 Å². The minimum atomic E-state index is -0.415. The number of rotatable bonds is 9. The summed E-state index contributed by atoms with van der Waals surface area (Å²) < 4.78 is 11.8. The Labute approximate surface area is 128 Å². The van der Waals surface area contributed by atoms with Crippen LogP contribution in [0.15, 0.2) is 5.16 Å². The van der Waals surface area contributed by atoms with Gasteiger partial charge in [-0.3, -0.25) is 4.79 Å². The van der Waals surface area contributed by atoms with E-state index in [1.807, 2.05) is 11.8 Å². The van der Waals surface area contributed by atoms with Crippen molar-refractivity contribution in [3.8, 4) is 0 Å². The van der Waals surface area contributed by atoms with Crippen molar-refractivity contribution >= 4 is 17.7 Å². The highest BCUT2D eigenvalue weighted by Crippen LogP contribution is 2.27. The number of hydrogen-bond acceptors (Lipinski definition) is 7. The van der Waals surface area contributed by atoms with Crippen molar-refractivity contribution in [3.63, 3.8) is 0 Å². The monoisotopic (exact) mass is 315 g/mol. The zero-order chi connectivity index (χ0) is 15.2. The summed E-state index contributed by atoms with van der Waals surface area (Å²) in [5.74, 6) is 0.476. The number of carbonyl (C=O) groups is 1. The fourth-order valence-corrected chi connectivity index (χ4v) is 2.81. The molecule has 0 aromatic carbocycles. The maximum Gasteiger partial charge on any atom is 0.233 e. The first kappa shape index (κ1) is 16.2. The summed E-state index contributed by atoms with van der Waals surface area (Å²) in [5, 5.41) is 12.1. The van der Waals surface area contributed by atoms with E-state index in [-0.39, 0.29) is 5.91 Å². The van der Waals surface area contributed by atoms with Crippen LogP contribution in [0.2, 0.25) is 0 Å². The van der Waals surface area contributed by atoms with E-state index in [2.05, 4.69) is 15.5 Å². The molecule has 1 aliphatic rings. The van der Waals surface area contributed by atoms with Crippen molar-refractivity contribution < 1.29 is 14.3 Å². The number of amides is 1. The average Bonchev–Trinajstić information content (AvgIpc) is 3.23. The number of aromatic nitrogens is 4. The van der Waals surface area contributed by atoms with Gasteiger partial charge in [0.2, 0.25) is 11.1 Å². The first-order valence-corrected chi connectivity index (χ1v) is 7.92. The third kappa shape index (κ3) is 4.39. The van der Waals surface area contributed by atoms with Crippen molar-refractivity contribution in [2.45, 2.75) is 43.8 Å². The van der Waals surface area contributed by atoms with Crippen LogP contribution in [0.4, 0.5) is 0 Å². The maximum atomic E-state index is 12.2. The van der Waals surface area contributed by atoms with Crippen LogP contribution in [0.3, 0.4) is 0 Å². The molecule has 0 unspecified atom stereocenters. The highest BCUT2D eigenvalue weighted by molar-refractivity contribution is 7.99. The number of thioether (sulfide) groups is 1. The number of hydrogen-bond donors (Lipinski definition) is 0. The largest absolute Gasteiger partial charge is 0.354 e. The summed E-state index contributed by atoms with van der Waals surface area (Å²) >= 11 is 1.34. The topological polar surface area (TPSA) is 82.4 Å². The molecule has 118 valence electrons. The van der Waals surface area contributed by atoms with Gasteiger partial charge in [-0.1, -0.05) is 11.8 Å². The number of tetrazole rings is 1. The molecule has 8 nitrogen and oxygen atoms in total. The van der Waals surface area contributed by atoms with Crippen molar-refractivity contribution in [1.82, 2.24) is 25.1 Å². The van der Waals surface area contributed by atoms with Gasteiger partial charge in [0, 0.05) is 26.8 Å². The zero-order valence-corrected chi connectivity index (χ0v) is 13.4.